The van der Waals surface area contributed by atoms with Crippen LogP contribution in [0.25, 0.3) is 0 Å². The van der Waals surface area contributed by atoms with Crippen LogP contribution in [0.3, 0.4) is 0 Å². The van der Waals surface area contributed by atoms with Crippen molar-refractivity contribution < 1.29 is 19.6 Å². The summed E-state index contributed by atoms with van der Waals surface area (Å²) in [6.07, 6.45) is -0.0811. The van der Waals surface area contributed by atoms with Crippen molar-refractivity contribution in [2.75, 3.05) is 13.1 Å². The van der Waals surface area contributed by atoms with Gasteiger partial charge in [-0.1, -0.05) is 12.1 Å². The van der Waals surface area contributed by atoms with Crippen molar-refractivity contribution in [1.29, 1.82) is 0 Å². The van der Waals surface area contributed by atoms with Gasteiger partial charge < -0.3 is 10.4 Å². The zero-order chi connectivity index (χ0) is 13.5. The van der Waals surface area contributed by atoms with Crippen molar-refractivity contribution in [3.8, 4) is 0 Å². The highest BCUT2D eigenvalue weighted by Gasteiger charge is 2.11. The quantitative estimate of drug-likeness (QED) is 0.322. The van der Waals surface area contributed by atoms with E-state index in [1.54, 1.807) is 0 Å². The summed E-state index contributed by atoms with van der Waals surface area (Å²) in [5.74, 6) is -1.27. The first-order valence-electron chi connectivity index (χ1n) is 5.21. The van der Waals surface area contributed by atoms with Gasteiger partial charge in [-0.05, 0) is 0 Å². The third-order valence-electron chi connectivity index (χ3n) is 2.18. The standard InChI is InChI=1S/C11H12N2O5/c14-10(7-12-5-4-11(15)16)8-2-1-3-9(6-8)13(17)18/h1-3,6,12H,4-5,7H2,(H,15,16). The molecule has 0 fully saturated rings. The predicted molar refractivity (Wildman–Crippen MR) is 62.5 cm³/mol. The van der Waals surface area contributed by atoms with Crippen LogP contribution < -0.4 is 5.32 Å². The molecule has 0 heterocycles. The maximum absolute atomic E-state index is 11.6. The maximum atomic E-state index is 11.6. The number of carbonyl (C=O) groups is 2. The van der Waals surface area contributed by atoms with Gasteiger partial charge in [-0.3, -0.25) is 19.7 Å². The highest BCUT2D eigenvalue weighted by atomic mass is 16.6. The van der Waals surface area contributed by atoms with Gasteiger partial charge in [0, 0.05) is 24.2 Å². The topological polar surface area (TPSA) is 110 Å². The second-order valence-corrected chi connectivity index (χ2v) is 3.55. The molecular weight excluding hydrogens is 240 g/mol. The fraction of sp³-hybridized carbons (Fsp3) is 0.273. The number of non-ortho nitro benzene ring substituents is 1. The summed E-state index contributed by atoms with van der Waals surface area (Å²) < 4.78 is 0. The Hall–Kier alpha value is -2.28. The molecule has 0 saturated heterocycles. The van der Waals surface area contributed by atoms with Crippen LogP contribution in [-0.4, -0.2) is 34.9 Å². The number of hydrogen-bond acceptors (Lipinski definition) is 5. The molecule has 7 heteroatoms. The highest BCUT2D eigenvalue weighted by Crippen LogP contribution is 2.13. The van der Waals surface area contributed by atoms with Crippen molar-refractivity contribution in [1.82, 2.24) is 5.32 Å². The van der Waals surface area contributed by atoms with Gasteiger partial charge in [0.2, 0.25) is 0 Å². The number of benzene rings is 1. The largest absolute Gasteiger partial charge is 0.481 e. The number of aliphatic carboxylic acids is 1. The molecule has 1 aromatic carbocycles. The van der Waals surface area contributed by atoms with Gasteiger partial charge in [-0.15, -0.1) is 0 Å². The van der Waals surface area contributed by atoms with E-state index in [1.165, 1.54) is 24.3 Å². The van der Waals surface area contributed by atoms with Gasteiger partial charge in [0.15, 0.2) is 5.78 Å². The van der Waals surface area contributed by atoms with Gasteiger partial charge in [0.25, 0.3) is 5.69 Å². The molecule has 0 amide bonds. The van der Waals surface area contributed by atoms with Crippen molar-refractivity contribution in [2.45, 2.75) is 6.42 Å². The summed E-state index contributed by atoms with van der Waals surface area (Å²) in [5, 5.41) is 21.6. The molecule has 0 atom stereocenters. The van der Waals surface area contributed by atoms with E-state index in [9.17, 15) is 19.7 Å². The fourth-order valence-electron chi connectivity index (χ4n) is 1.29. The smallest absolute Gasteiger partial charge is 0.304 e. The lowest BCUT2D eigenvalue weighted by molar-refractivity contribution is -0.384. The SMILES string of the molecule is O=C(O)CCNCC(=O)c1cccc([N+](=O)[O-])c1. The normalized spacial score (nSPS) is 10.0. The number of nitrogens with one attached hydrogen (secondary N) is 1. The monoisotopic (exact) mass is 252 g/mol. The maximum Gasteiger partial charge on any atom is 0.304 e. The van der Waals surface area contributed by atoms with Gasteiger partial charge in [-0.25, -0.2) is 0 Å². The zero-order valence-electron chi connectivity index (χ0n) is 9.46. The van der Waals surface area contributed by atoms with E-state index < -0.39 is 10.9 Å². The van der Waals surface area contributed by atoms with Crippen LogP contribution >= 0.6 is 0 Å². The summed E-state index contributed by atoms with van der Waals surface area (Å²) in [7, 11) is 0. The van der Waals surface area contributed by atoms with E-state index in [-0.39, 0.29) is 36.5 Å². The van der Waals surface area contributed by atoms with Crippen LogP contribution in [0.2, 0.25) is 0 Å². The first kappa shape index (κ1) is 13.8. The van der Waals surface area contributed by atoms with E-state index in [0.29, 0.717) is 0 Å². The minimum absolute atomic E-state index is 0.0472. The predicted octanol–water partition coefficient (Wildman–Crippen LogP) is 0.842. The molecule has 0 radical (unpaired) electrons. The average Bonchev–Trinajstić information content (AvgIpc) is 2.34. The number of carbonyl (C=O) groups excluding carboxylic acids is 1. The van der Waals surface area contributed by atoms with Crippen LogP contribution in [0.5, 0.6) is 0 Å². The molecule has 0 saturated carbocycles. The summed E-state index contributed by atoms with van der Waals surface area (Å²) in [5.41, 5.74) is 0.0819. The van der Waals surface area contributed by atoms with E-state index in [2.05, 4.69) is 5.32 Å². The molecule has 0 bridgehead atoms. The molecule has 0 aliphatic heterocycles. The summed E-state index contributed by atoms with van der Waals surface area (Å²) in [4.78, 5) is 31.8. The number of carboxylic acids is 1. The molecule has 0 unspecified atom stereocenters. The van der Waals surface area contributed by atoms with E-state index in [1.807, 2.05) is 0 Å². The molecule has 0 spiro atoms. The van der Waals surface area contributed by atoms with Crippen molar-refractivity contribution in [3.05, 3.63) is 39.9 Å². The van der Waals surface area contributed by atoms with Crippen LogP contribution in [0, 0.1) is 10.1 Å². The molecular formula is C11H12N2O5. The van der Waals surface area contributed by atoms with Gasteiger partial charge in [0.1, 0.15) is 0 Å². The van der Waals surface area contributed by atoms with E-state index >= 15 is 0 Å². The number of nitro benzene ring substituents is 1. The van der Waals surface area contributed by atoms with Gasteiger partial charge in [-0.2, -0.15) is 0 Å². The number of hydrogen-bond donors (Lipinski definition) is 2. The Morgan fingerprint density at radius 2 is 2.11 bits per heavy atom. The molecule has 0 aromatic heterocycles. The molecule has 96 valence electrons. The molecule has 0 aliphatic rings. The first-order valence-corrected chi connectivity index (χ1v) is 5.21. The second kappa shape index (κ2) is 6.45. The third-order valence-corrected chi connectivity index (χ3v) is 2.18. The Morgan fingerprint density at radius 3 is 2.72 bits per heavy atom. The third kappa shape index (κ3) is 4.30. The van der Waals surface area contributed by atoms with Crippen LogP contribution in [0.4, 0.5) is 5.69 Å². The summed E-state index contributed by atoms with van der Waals surface area (Å²) in [6, 6.07) is 5.41. The Balaban J connectivity index is 2.53. The molecule has 1 aromatic rings. The first-order chi connectivity index (χ1) is 8.50. The number of nitro groups is 1. The summed E-state index contributed by atoms with van der Waals surface area (Å²) >= 11 is 0. The molecule has 1 rings (SSSR count). The Morgan fingerprint density at radius 1 is 1.39 bits per heavy atom. The molecule has 7 nitrogen and oxygen atoms in total. The van der Waals surface area contributed by atoms with Gasteiger partial charge in [0.05, 0.1) is 17.9 Å². The van der Waals surface area contributed by atoms with E-state index in [4.69, 9.17) is 5.11 Å². The fourth-order valence-corrected chi connectivity index (χ4v) is 1.29. The minimum atomic E-state index is -0.953. The van der Waals surface area contributed by atoms with Crippen LogP contribution in [0.1, 0.15) is 16.8 Å². The lowest BCUT2D eigenvalue weighted by Crippen LogP contribution is -2.25. The number of nitrogens with zero attached hydrogens (tertiary/aromatic N) is 1. The van der Waals surface area contributed by atoms with Crippen molar-refractivity contribution in [2.24, 2.45) is 0 Å². The Labute approximate surface area is 103 Å². The van der Waals surface area contributed by atoms with Crippen LogP contribution in [0.15, 0.2) is 24.3 Å². The molecule has 2 N–H and O–H groups in total. The van der Waals surface area contributed by atoms with Crippen molar-refractivity contribution >= 4 is 17.4 Å². The number of carboxylic acid groups (broad SMARTS) is 1. The number of Topliss-reactive ketones (excluding diaryl/α,β-unsaturated/α-hetero) is 1. The number of rotatable bonds is 7. The zero-order valence-corrected chi connectivity index (χ0v) is 9.46. The Kier molecular flexibility index (Phi) is 4.94. The lowest BCUT2D eigenvalue weighted by atomic mass is 10.1. The molecule has 18 heavy (non-hydrogen) atoms. The second-order valence-electron chi connectivity index (χ2n) is 3.55. The van der Waals surface area contributed by atoms with E-state index in [0.717, 1.165) is 0 Å². The molecule has 0 aliphatic carbocycles. The van der Waals surface area contributed by atoms with Crippen LogP contribution in [-0.2, 0) is 4.79 Å². The average molecular weight is 252 g/mol. The highest BCUT2D eigenvalue weighted by molar-refractivity contribution is 5.98. The summed E-state index contributed by atoms with van der Waals surface area (Å²) in [6.45, 7) is 0.129. The van der Waals surface area contributed by atoms with Crippen molar-refractivity contribution in [3.63, 3.8) is 0 Å². The minimum Gasteiger partial charge on any atom is -0.481 e. The van der Waals surface area contributed by atoms with Gasteiger partial charge >= 0.3 is 5.97 Å². The number of ketones is 1. The lowest BCUT2D eigenvalue weighted by Gasteiger charge is -2.02. The Bertz CT molecular complexity index is 472.